The van der Waals surface area contributed by atoms with Crippen LogP contribution in [0.1, 0.15) is 33.6 Å². The lowest BCUT2D eigenvalue weighted by atomic mass is 9.87. The highest BCUT2D eigenvalue weighted by molar-refractivity contribution is 8.00. The normalized spacial score (nSPS) is 12.7. The van der Waals surface area contributed by atoms with Crippen LogP contribution in [0.15, 0.2) is 35.2 Å². The summed E-state index contributed by atoms with van der Waals surface area (Å²) >= 11 is 1.45. The summed E-state index contributed by atoms with van der Waals surface area (Å²) in [5.41, 5.74) is -0.0278. The molecule has 0 aliphatic carbocycles. The Morgan fingerprint density at radius 2 is 1.86 bits per heavy atom. The van der Waals surface area contributed by atoms with E-state index in [4.69, 9.17) is 5.11 Å². The largest absolute Gasteiger partial charge is 0.481 e. The molecule has 21 heavy (non-hydrogen) atoms. The summed E-state index contributed by atoms with van der Waals surface area (Å²) in [4.78, 5) is 23.9. The van der Waals surface area contributed by atoms with Crippen LogP contribution in [-0.2, 0) is 9.59 Å². The van der Waals surface area contributed by atoms with Crippen LogP contribution in [-0.4, -0.2) is 28.8 Å². The van der Waals surface area contributed by atoms with E-state index in [9.17, 15) is 9.59 Å². The van der Waals surface area contributed by atoms with Gasteiger partial charge in [0, 0.05) is 10.9 Å². The predicted octanol–water partition coefficient (Wildman–Crippen LogP) is 3.17. The van der Waals surface area contributed by atoms with E-state index < -0.39 is 5.97 Å². The molecular formula is C16H23NO3S. The molecule has 1 unspecified atom stereocenters. The molecule has 0 spiro atoms. The first-order valence-corrected chi connectivity index (χ1v) is 7.94. The Morgan fingerprint density at radius 1 is 1.24 bits per heavy atom. The van der Waals surface area contributed by atoms with E-state index in [-0.39, 0.29) is 23.8 Å². The van der Waals surface area contributed by atoms with Crippen molar-refractivity contribution in [2.45, 2.75) is 44.6 Å². The van der Waals surface area contributed by atoms with Crippen molar-refractivity contribution in [2.75, 3.05) is 5.75 Å². The molecule has 0 aliphatic heterocycles. The van der Waals surface area contributed by atoms with Gasteiger partial charge in [-0.1, -0.05) is 39.0 Å². The van der Waals surface area contributed by atoms with Gasteiger partial charge in [0.2, 0.25) is 5.91 Å². The van der Waals surface area contributed by atoms with Gasteiger partial charge in [0.05, 0.1) is 12.2 Å². The smallest absolute Gasteiger partial charge is 0.305 e. The molecule has 1 amide bonds. The van der Waals surface area contributed by atoms with Gasteiger partial charge >= 0.3 is 5.97 Å². The minimum absolute atomic E-state index is 0.0278. The maximum atomic E-state index is 12.0. The molecule has 0 bridgehead atoms. The number of benzene rings is 1. The molecule has 0 fully saturated rings. The van der Waals surface area contributed by atoms with E-state index in [1.54, 1.807) is 0 Å². The van der Waals surface area contributed by atoms with E-state index in [1.807, 2.05) is 51.1 Å². The summed E-state index contributed by atoms with van der Waals surface area (Å²) < 4.78 is 0. The number of aliphatic carboxylic acids is 1. The zero-order valence-corrected chi connectivity index (χ0v) is 13.6. The zero-order valence-electron chi connectivity index (χ0n) is 12.8. The van der Waals surface area contributed by atoms with Crippen LogP contribution in [0.25, 0.3) is 0 Å². The van der Waals surface area contributed by atoms with Crippen LogP contribution in [0.2, 0.25) is 0 Å². The zero-order chi connectivity index (χ0) is 15.9. The molecule has 5 heteroatoms. The second-order valence-corrected chi connectivity index (χ2v) is 7.28. The molecule has 0 radical (unpaired) electrons. The van der Waals surface area contributed by atoms with Crippen molar-refractivity contribution in [3.8, 4) is 0 Å². The van der Waals surface area contributed by atoms with Gasteiger partial charge in [-0.05, 0) is 24.0 Å². The topological polar surface area (TPSA) is 66.4 Å². The van der Waals surface area contributed by atoms with Crippen molar-refractivity contribution in [3.05, 3.63) is 30.3 Å². The number of nitrogens with one attached hydrogen (secondary N) is 1. The monoisotopic (exact) mass is 309 g/mol. The van der Waals surface area contributed by atoms with Crippen molar-refractivity contribution >= 4 is 23.6 Å². The van der Waals surface area contributed by atoms with Gasteiger partial charge < -0.3 is 10.4 Å². The SMILES string of the molecule is CC(C)(C)CC(CC(=O)O)NC(=O)CSc1ccccc1. The molecule has 1 atom stereocenters. The molecule has 0 heterocycles. The lowest BCUT2D eigenvalue weighted by molar-refractivity contribution is -0.137. The first-order chi connectivity index (χ1) is 9.76. The Kier molecular flexibility index (Phi) is 6.75. The maximum absolute atomic E-state index is 12.0. The van der Waals surface area contributed by atoms with Crippen molar-refractivity contribution in [1.29, 1.82) is 0 Å². The van der Waals surface area contributed by atoms with Gasteiger partial charge in [-0.2, -0.15) is 0 Å². The molecule has 1 rings (SSSR count). The van der Waals surface area contributed by atoms with Crippen molar-refractivity contribution < 1.29 is 14.7 Å². The van der Waals surface area contributed by atoms with Crippen LogP contribution in [0.3, 0.4) is 0 Å². The number of carboxylic acids is 1. The summed E-state index contributed by atoms with van der Waals surface area (Å²) in [5, 5.41) is 11.8. The number of thioether (sulfide) groups is 1. The van der Waals surface area contributed by atoms with Crippen LogP contribution < -0.4 is 5.32 Å². The minimum atomic E-state index is -0.889. The number of rotatable bonds is 7. The molecule has 0 aliphatic rings. The third kappa shape index (κ3) is 8.40. The summed E-state index contributed by atoms with van der Waals surface area (Å²) in [6, 6.07) is 9.34. The molecule has 0 saturated carbocycles. The quantitative estimate of drug-likeness (QED) is 0.759. The van der Waals surface area contributed by atoms with Crippen LogP contribution in [0.4, 0.5) is 0 Å². The van der Waals surface area contributed by atoms with E-state index in [0.29, 0.717) is 12.2 Å². The fraction of sp³-hybridized carbons (Fsp3) is 0.500. The van der Waals surface area contributed by atoms with Crippen LogP contribution >= 0.6 is 11.8 Å². The van der Waals surface area contributed by atoms with Gasteiger partial charge in [-0.3, -0.25) is 9.59 Å². The summed E-state index contributed by atoms with van der Waals surface area (Å²) in [7, 11) is 0. The standard InChI is InChI=1S/C16H23NO3S/c1-16(2,3)10-12(9-15(19)20)17-14(18)11-21-13-7-5-4-6-8-13/h4-8,12H,9-11H2,1-3H3,(H,17,18)(H,19,20). The number of carboxylic acid groups (broad SMARTS) is 1. The van der Waals surface area contributed by atoms with Crippen LogP contribution in [0.5, 0.6) is 0 Å². The number of amides is 1. The molecule has 1 aromatic rings. The summed E-state index contributed by atoms with van der Waals surface area (Å²) in [6.45, 7) is 6.10. The molecule has 1 aromatic carbocycles. The Hall–Kier alpha value is -1.49. The van der Waals surface area contributed by atoms with Gasteiger partial charge in [-0.25, -0.2) is 0 Å². The Morgan fingerprint density at radius 3 is 2.38 bits per heavy atom. The average Bonchev–Trinajstić information content (AvgIpc) is 2.34. The minimum Gasteiger partial charge on any atom is -0.481 e. The van der Waals surface area contributed by atoms with Crippen molar-refractivity contribution in [2.24, 2.45) is 5.41 Å². The molecule has 0 aromatic heterocycles. The molecule has 2 N–H and O–H groups in total. The first kappa shape index (κ1) is 17.6. The molecular weight excluding hydrogens is 286 g/mol. The summed E-state index contributed by atoms with van der Waals surface area (Å²) in [6.07, 6.45) is 0.597. The number of carbonyl (C=O) groups excluding carboxylic acids is 1. The van der Waals surface area contributed by atoms with Gasteiger partial charge in [-0.15, -0.1) is 11.8 Å². The molecule has 4 nitrogen and oxygen atoms in total. The highest BCUT2D eigenvalue weighted by atomic mass is 32.2. The van der Waals surface area contributed by atoms with Crippen molar-refractivity contribution in [3.63, 3.8) is 0 Å². The Balaban J connectivity index is 2.49. The lowest BCUT2D eigenvalue weighted by Gasteiger charge is -2.25. The van der Waals surface area contributed by atoms with E-state index in [2.05, 4.69) is 5.32 Å². The second-order valence-electron chi connectivity index (χ2n) is 6.23. The van der Waals surface area contributed by atoms with E-state index in [1.165, 1.54) is 11.8 Å². The predicted molar refractivity (Wildman–Crippen MR) is 85.4 cm³/mol. The Labute approximate surface area is 130 Å². The van der Waals surface area contributed by atoms with Gasteiger partial charge in [0.25, 0.3) is 0 Å². The third-order valence-electron chi connectivity index (χ3n) is 2.76. The molecule has 0 saturated heterocycles. The van der Waals surface area contributed by atoms with Gasteiger partial charge in [0.1, 0.15) is 0 Å². The highest BCUT2D eigenvalue weighted by Crippen LogP contribution is 2.22. The Bertz CT molecular complexity index is 468. The summed E-state index contributed by atoms with van der Waals surface area (Å²) in [5.74, 6) is -0.718. The maximum Gasteiger partial charge on any atom is 0.305 e. The second kappa shape index (κ2) is 8.08. The van der Waals surface area contributed by atoms with E-state index in [0.717, 1.165) is 4.90 Å². The fourth-order valence-electron chi connectivity index (χ4n) is 2.06. The van der Waals surface area contributed by atoms with Crippen molar-refractivity contribution in [1.82, 2.24) is 5.32 Å². The number of hydrogen-bond donors (Lipinski definition) is 2. The fourth-order valence-corrected chi connectivity index (χ4v) is 2.79. The lowest BCUT2D eigenvalue weighted by Crippen LogP contribution is -2.39. The number of carbonyl (C=O) groups is 2. The highest BCUT2D eigenvalue weighted by Gasteiger charge is 2.22. The number of hydrogen-bond acceptors (Lipinski definition) is 3. The van der Waals surface area contributed by atoms with Crippen LogP contribution in [0, 0.1) is 5.41 Å². The van der Waals surface area contributed by atoms with Gasteiger partial charge in [0.15, 0.2) is 0 Å². The first-order valence-electron chi connectivity index (χ1n) is 6.95. The third-order valence-corrected chi connectivity index (χ3v) is 3.77. The van der Waals surface area contributed by atoms with E-state index >= 15 is 0 Å². The average molecular weight is 309 g/mol. The molecule has 116 valence electrons.